The van der Waals surface area contributed by atoms with Crippen molar-refractivity contribution in [2.45, 2.75) is 0 Å². The highest BCUT2D eigenvalue weighted by Crippen LogP contribution is 2.43. The molecule has 0 unspecified atom stereocenters. The highest BCUT2D eigenvalue weighted by Gasteiger charge is 2.20. The van der Waals surface area contributed by atoms with Gasteiger partial charge in [0.05, 0.1) is 22.2 Å². The van der Waals surface area contributed by atoms with Crippen molar-refractivity contribution in [1.29, 1.82) is 0 Å². The molecule has 0 aliphatic heterocycles. The van der Waals surface area contributed by atoms with E-state index in [0.717, 1.165) is 11.3 Å². The van der Waals surface area contributed by atoms with Gasteiger partial charge in [-0.15, -0.1) is 0 Å². The van der Waals surface area contributed by atoms with E-state index in [1.54, 1.807) is 0 Å². The van der Waals surface area contributed by atoms with Gasteiger partial charge in [-0.2, -0.15) is 0 Å². The van der Waals surface area contributed by atoms with Gasteiger partial charge in [0, 0.05) is 38.7 Å². The topological polar surface area (TPSA) is 17.3 Å². The summed E-state index contributed by atoms with van der Waals surface area (Å²) in [5.74, 6) is 0. The minimum atomic E-state index is 1.01. The van der Waals surface area contributed by atoms with Crippen LogP contribution in [0.15, 0.2) is 97.2 Å². The lowest BCUT2D eigenvalue weighted by molar-refractivity contribution is 1.33. The fourth-order valence-electron chi connectivity index (χ4n) is 4.93. The van der Waals surface area contributed by atoms with E-state index in [0.29, 0.717) is 0 Å². The Labute approximate surface area is 167 Å². The fourth-order valence-corrected chi connectivity index (χ4v) is 4.93. The van der Waals surface area contributed by atoms with Gasteiger partial charge in [-0.3, -0.25) is 4.98 Å². The van der Waals surface area contributed by atoms with Gasteiger partial charge >= 0.3 is 0 Å². The van der Waals surface area contributed by atoms with Crippen LogP contribution in [0.4, 0.5) is 0 Å². The molecule has 2 nitrogen and oxygen atoms in total. The number of pyridine rings is 1. The molecule has 0 aliphatic rings. The van der Waals surface area contributed by atoms with E-state index < -0.39 is 0 Å². The molecule has 0 radical (unpaired) electrons. The van der Waals surface area contributed by atoms with Crippen LogP contribution in [0.5, 0.6) is 0 Å². The van der Waals surface area contributed by atoms with Crippen LogP contribution in [-0.2, 0) is 0 Å². The molecule has 0 spiro atoms. The molecule has 134 valence electrons. The fraction of sp³-hybridized carbons (Fsp3) is 0. The summed E-state index contributed by atoms with van der Waals surface area (Å²) in [6, 6.07) is 32.6. The predicted molar refractivity (Wildman–Crippen MR) is 122 cm³/mol. The first kappa shape index (κ1) is 15.1. The van der Waals surface area contributed by atoms with Crippen molar-refractivity contribution >= 4 is 48.9 Å². The van der Waals surface area contributed by atoms with Crippen molar-refractivity contribution in [2.24, 2.45) is 0 Å². The molecular weight excluding hydrogens is 352 g/mol. The smallest absolute Gasteiger partial charge is 0.0702 e. The maximum Gasteiger partial charge on any atom is 0.0702 e. The second-order valence-electron chi connectivity index (χ2n) is 7.67. The zero-order valence-corrected chi connectivity index (χ0v) is 15.6. The molecule has 7 aromatic rings. The highest BCUT2D eigenvalue weighted by molar-refractivity contribution is 6.27. The maximum atomic E-state index is 4.61. The summed E-state index contributed by atoms with van der Waals surface area (Å²) in [6.45, 7) is 0. The lowest BCUT2D eigenvalue weighted by Crippen LogP contribution is -1.82. The van der Waals surface area contributed by atoms with Crippen LogP contribution in [0, 0.1) is 0 Å². The third kappa shape index (κ3) is 1.88. The van der Waals surface area contributed by atoms with E-state index in [9.17, 15) is 0 Å². The Morgan fingerprint density at radius 3 is 2.14 bits per heavy atom. The number of para-hydroxylation sites is 1. The van der Waals surface area contributed by atoms with Crippen molar-refractivity contribution in [1.82, 2.24) is 9.38 Å². The Morgan fingerprint density at radius 1 is 0.552 bits per heavy atom. The van der Waals surface area contributed by atoms with Crippen molar-refractivity contribution in [3.05, 3.63) is 97.2 Å². The first-order valence-electron chi connectivity index (χ1n) is 9.91. The molecule has 0 N–H and O–H groups in total. The van der Waals surface area contributed by atoms with Crippen LogP contribution < -0.4 is 0 Å². The summed E-state index contributed by atoms with van der Waals surface area (Å²) in [4.78, 5) is 4.61. The van der Waals surface area contributed by atoms with Crippen LogP contribution in [0.2, 0.25) is 0 Å². The van der Waals surface area contributed by atoms with E-state index >= 15 is 0 Å². The van der Waals surface area contributed by atoms with Crippen molar-refractivity contribution in [2.75, 3.05) is 0 Å². The minimum absolute atomic E-state index is 1.01. The Balaban J connectivity index is 1.80. The predicted octanol–water partition coefficient (Wildman–Crippen LogP) is 7.05. The summed E-state index contributed by atoms with van der Waals surface area (Å²) in [5.41, 5.74) is 6.03. The molecule has 0 amide bonds. The van der Waals surface area contributed by atoms with E-state index in [1.165, 1.54) is 48.9 Å². The summed E-state index contributed by atoms with van der Waals surface area (Å²) < 4.78 is 2.46. The number of nitrogens with zero attached hydrogens (tertiary/aromatic N) is 2. The third-order valence-corrected chi connectivity index (χ3v) is 6.14. The van der Waals surface area contributed by atoms with Gasteiger partial charge in [-0.05, 0) is 35.7 Å². The van der Waals surface area contributed by atoms with Crippen LogP contribution >= 0.6 is 0 Å². The van der Waals surface area contributed by atoms with Gasteiger partial charge in [0.25, 0.3) is 0 Å². The molecule has 0 saturated carbocycles. The molecule has 0 bridgehead atoms. The molecule has 7 rings (SSSR count). The number of fused-ring (bicyclic) bond motifs is 8. The Kier molecular flexibility index (Phi) is 2.77. The Morgan fingerprint density at radius 2 is 1.28 bits per heavy atom. The number of hydrogen-bond donors (Lipinski definition) is 0. The third-order valence-electron chi connectivity index (χ3n) is 6.14. The molecule has 0 aliphatic carbocycles. The van der Waals surface area contributed by atoms with E-state index in [1.807, 2.05) is 12.3 Å². The van der Waals surface area contributed by atoms with Gasteiger partial charge < -0.3 is 4.40 Å². The van der Waals surface area contributed by atoms with E-state index in [-0.39, 0.29) is 0 Å². The molecule has 0 saturated heterocycles. The first-order chi connectivity index (χ1) is 14.4. The second kappa shape index (κ2) is 5.33. The summed E-state index contributed by atoms with van der Waals surface area (Å²) in [5, 5.41) is 7.74. The monoisotopic (exact) mass is 368 g/mol. The number of benzene rings is 4. The van der Waals surface area contributed by atoms with Crippen LogP contribution in [0.1, 0.15) is 0 Å². The number of aromatic nitrogens is 2. The van der Waals surface area contributed by atoms with Crippen LogP contribution in [0.25, 0.3) is 60.1 Å². The Hall–Kier alpha value is -3.91. The van der Waals surface area contributed by atoms with Crippen molar-refractivity contribution in [3.8, 4) is 11.3 Å². The zero-order valence-electron chi connectivity index (χ0n) is 15.6. The summed E-state index contributed by atoms with van der Waals surface area (Å²) in [6.07, 6.45) is 1.86. The average molecular weight is 368 g/mol. The molecule has 2 heteroatoms. The number of rotatable bonds is 1. The average Bonchev–Trinajstić information content (AvgIpc) is 3.31. The highest BCUT2D eigenvalue weighted by atomic mass is 14.9. The lowest BCUT2D eigenvalue weighted by atomic mass is 10.0. The van der Waals surface area contributed by atoms with E-state index in [2.05, 4.69) is 94.3 Å². The maximum absolute atomic E-state index is 4.61. The van der Waals surface area contributed by atoms with Gasteiger partial charge in [0.15, 0.2) is 0 Å². The molecular formula is C27H16N2. The van der Waals surface area contributed by atoms with Crippen molar-refractivity contribution in [3.63, 3.8) is 0 Å². The quantitative estimate of drug-likeness (QED) is 0.303. The van der Waals surface area contributed by atoms with Gasteiger partial charge in [0.1, 0.15) is 0 Å². The SMILES string of the molecule is c1ccc(-c2cc3c4ccccc4n4c5c6ccccc6ccc5c(c2)c34)nc1. The molecule has 3 heterocycles. The lowest BCUT2D eigenvalue weighted by Gasteiger charge is -2.04. The van der Waals surface area contributed by atoms with Gasteiger partial charge in [-0.1, -0.05) is 60.7 Å². The minimum Gasteiger partial charge on any atom is -0.307 e. The summed E-state index contributed by atoms with van der Waals surface area (Å²) in [7, 11) is 0. The molecule has 0 atom stereocenters. The second-order valence-corrected chi connectivity index (χ2v) is 7.67. The van der Waals surface area contributed by atoms with Crippen LogP contribution in [0.3, 0.4) is 0 Å². The van der Waals surface area contributed by atoms with E-state index in [4.69, 9.17) is 0 Å². The molecule has 29 heavy (non-hydrogen) atoms. The Bertz CT molecular complexity index is 1690. The zero-order chi connectivity index (χ0) is 18.9. The molecule has 3 aromatic heterocycles. The molecule has 0 fully saturated rings. The van der Waals surface area contributed by atoms with Crippen molar-refractivity contribution < 1.29 is 0 Å². The normalized spacial score (nSPS) is 12.1. The van der Waals surface area contributed by atoms with Gasteiger partial charge in [-0.25, -0.2) is 0 Å². The molecule has 4 aromatic carbocycles. The van der Waals surface area contributed by atoms with Crippen LogP contribution in [-0.4, -0.2) is 9.38 Å². The largest absolute Gasteiger partial charge is 0.307 e. The first-order valence-corrected chi connectivity index (χ1v) is 9.91. The number of hydrogen-bond acceptors (Lipinski definition) is 1. The van der Waals surface area contributed by atoms with Gasteiger partial charge in [0.2, 0.25) is 0 Å². The standard InChI is InChI=1S/C27H16N2/c1-2-8-19-17(7-1)12-13-21-23-16-18(24-10-5-6-14-28-24)15-22-20-9-3-4-11-25(20)29(26(19)21)27(22)23/h1-16H. The summed E-state index contributed by atoms with van der Waals surface area (Å²) >= 11 is 0.